The van der Waals surface area contributed by atoms with Crippen LogP contribution in [0.3, 0.4) is 0 Å². The maximum absolute atomic E-state index is 11.2. The Morgan fingerprint density at radius 2 is 1.65 bits per heavy atom. The molecule has 100 valence electrons. The first-order valence-electron chi connectivity index (χ1n) is 6.08. The van der Waals surface area contributed by atoms with Gasteiger partial charge in [-0.1, -0.05) is 6.92 Å². The van der Waals surface area contributed by atoms with Crippen molar-refractivity contribution in [3.8, 4) is 0 Å². The molecule has 0 atom stereocenters. The maximum Gasteiger partial charge on any atom is 0.220 e. The summed E-state index contributed by atoms with van der Waals surface area (Å²) in [5, 5.41) is 2.68. The van der Waals surface area contributed by atoms with Crippen LogP contribution >= 0.6 is 0 Å². The first kappa shape index (κ1) is 16.1. The number of amides is 1. The summed E-state index contributed by atoms with van der Waals surface area (Å²) in [6.45, 7) is 6.37. The second kappa shape index (κ2) is 11.5. The molecule has 5 nitrogen and oxygen atoms in total. The number of Topliss-reactive ketones (excluding diaryl/α,β-unsaturated/α-hetero) is 1. The zero-order valence-corrected chi connectivity index (χ0v) is 10.8. The van der Waals surface area contributed by atoms with Crippen molar-refractivity contribution in [3.05, 3.63) is 0 Å². The monoisotopic (exact) mass is 245 g/mol. The van der Waals surface area contributed by atoms with E-state index in [1.54, 1.807) is 0 Å². The molecule has 0 saturated heterocycles. The molecule has 0 unspecified atom stereocenters. The molecule has 0 aliphatic heterocycles. The summed E-state index contributed by atoms with van der Waals surface area (Å²) in [6, 6.07) is 0. The van der Waals surface area contributed by atoms with Gasteiger partial charge in [-0.25, -0.2) is 0 Å². The molecule has 0 rings (SSSR count). The zero-order valence-electron chi connectivity index (χ0n) is 10.8. The highest BCUT2D eigenvalue weighted by molar-refractivity contribution is 5.83. The van der Waals surface area contributed by atoms with E-state index in [1.807, 2.05) is 0 Å². The summed E-state index contributed by atoms with van der Waals surface area (Å²) < 4.78 is 10.5. The molecular formula is C12H23NO4. The van der Waals surface area contributed by atoms with Crippen LogP contribution in [0.2, 0.25) is 0 Å². The van der Waals surface area contributed by atoms with Crippen molar-refractivity contribution in [2.45, 2.75) is 33.1 Å². The lowest BCUT2D eigenvalue weighted by Crippen LogP contribution is -2.27. The molecule has 5 heteroatoms. The van der Waals surface area contributed by atoms with E-state index in [9.17, 15) is 9.59 Å². The molecule has 17 heavy (non-hydrogen) atoms. The highest BCUT2D eigenvalue weighted by atomic mass is 16.5. The Morgan fingerprint density at radius 3 is 2.24 bits per heavy atom. The number of rotatable bonds is 11. The molecule has 1 amide bonds. The topological polar surface area (TPSA) is 64.6 Å². The van der Waals surface area contributed by atoms with Crippen molar-refractivity contribution in [1.82, 2.24) is 5.32 Å². The van der Waals surface area contributed by atoms with Crippen LogP contribution in [0.25, 0.3) is 0 Å². The molecule has 0 radical (unpaired) electrons. The molecule has 0 aromatic carbocycles. The van der Waals surface area contributed by atoms with Crippen molar-refractivity contribution >= 4 is 11.7 Å². The van der Waals surface area contributed by atoms with Gasteiger partial charge in [-0.3, -0.25) is 4.79 Å². The molecule has 1 N–H and O–H groups in total. The summed E-state index contributed by atoms with van der Waals surface area (Å²) in [5.74, 6) is -0.0736. The van der Waals surface area contributed by atoms with E-state index in [4.69, 9.17) is 9.47 Å². The Balaban J connectivity index is 3.16. The molecule has 0 aliphatic carbocycles. The van der Waals surface area contributed by atoms with Crippen LogP contribution in [0.15, 0.2) is 0 Å². The van der Waals surface area contributed by atoms with E-state index >= 15 is 0 Å². The molecule has 0 spiro atoms. The number of hydrogen-bond acceptors (Lipinski definition) is 4. The predicted molar refractivity (Wildman–Crippen MR) is 64.9 cm³/mol. The van der Waals surface area contributed by atoms with Crippen LogP contribution in [-0.2, 0) is 19.1 Å². The number of carbonyl (C=O) groups is 2. The maximum atomic E-state index is 11.2. The van der Waals surface area contributed by atoms with Gasteiger partial charge >= 0.3 is 0 Å². The third-order valence-corrected chi connectivity index (χ3v) is 1.99. The van der Waals surface area contributed by atoms with Gasteiger partial charge in [-0.05, 0) is 13.3 Å². The highest BCUT2D eigenvalue weighted by Crippen LogP contribution is 1.89. The van der Waals surface area contributed by atoms with Gasteiger partial charge in [0.05, 0.1) is 19.8 Å². The Bertz CT molecular complexity index is 219. The fraction of sp³-hybridized carbons (Fsp3) is 0.833. The Labute approximate surface area is 103 Å². The lowest BCUT2D eigenvalue weighted by atomic mass is 10.2. The molecule has 0 aromatic rings. The first-order chi connectivity index (χ1) is 8.16. The van der Waals surface area contributed by atoms with Crippen molar-refractivity contribution in [1.29, 1.82) is 0 Å². The fourth-order valence-corrected chi connectivity index (χ4v) is 1.11. The average Bonchev–Trinajstić information content (AvgIpc) is 2.30. The lowest BCUT2D eigenvalue weighted by Gasteiger charge is -2.06. The van der Waals surface area contributed by atoms with E-state index < -0.39 is 0 Å². The van der Waals surface area contributed by atoms with Gasteiger partial charge in [0.2, 0.25) is 5.91 Å². The van der Waals surface area contributed by atoms with Crippen LogP contribution in [0.4, 0.5) is 0 Å². The third kappa shape index (κ3) is 13.0. The molecule has 0 aromatic heterocycles. The Kier molecular flexibility index (Phi) is 10.9. The summed E-state index contributed by atoms with van der Waals surface area (Å²) >= 11 is 0. The minimum Gasteiger partial charge on any atom is -0.379 e. The smallest absolute Gasteiger partial charge is 0.220 e. The van der Waals surface area contributed by atoms with Gasteiger partial charge in [0.1, 0.15) is 5.78 Å². The third-order valence-electron chi connectivity index (χ3n) is 1.99. The molecule has 0 heterocycles. The van der Waals surface area contributed by atoms with Crippen molar-refractivity contribution in [3.63, 3.8) is 0 Å². The van der Waals surface area contributed by atoms with Crippen LogP contribution in [0.1, 0.15) is 33.1 Å². The quantitative estimate of drug-likeness (QED) is 0.550. The Hall–Kier alpha value is -0.940. The standard InChI is InChI=1S/C12H23NO4/c1-3-7-16-9-10-17-8-6-13-12(15)5-4-11(2)14/h3-10H2,1-2H3,(H,13,15). The Morgan fingerprint density at radius 1 is 1.00 bits per heavy atom. The van der Waals surface area contributed by atoms with E-state index in [0.29, 0.717) is 32.8 Å². The van der Waals surface area contributed by atoms with Gasteiger partial charge in [-0.2, -0.15) is 0 Å². The number of nitrogens with one attached hydrogen (secondary N) is 1. The van der Waals surface area contributed by atoms with Crippen LogP contribution in [0.5, 0.6) is 0 Å². The van der Waals surface area contributed by atoms with Crippen LogP contribution in [-0.4, -0.2) is 44.7 Å². The van der Waals surface area contributed by atoms with Crippen LogP contribution in [0, 0.1) is 0 Å². The molecular weight excluding hydrogens is 222 g/mol. The number of hydrogen-bond donors (Lipinski definition) is 1. The number of carbonyl (C=O) groups excluding carboxylic acids is 2. The average molecular weight is 245 g/mol. The minimum absolute atomic E-state index is 0.0319. The molecule has 0 bridgehead atoms. The molecule has 0 saturated carbocycles. The molecule has 0 fully saturated rings. The fourth-order valence-electron chi connectivity index (χ4n) is 1.11. The summed E-state index contributed by atoms with van der Waals surface area (Å²) in [5.41, 5.74) is 0. The molecule has 0 aliphatic rings. The van der Waals surface area contributed by atoms with Gasteiger partial charge in [0.15, 0.2) is 0 Å². The van der Waals surface area contributed by atoms with Gasteiger partial charge in [0.25, 0.3) is 0 Å². The number of ketones is 1. The van der Waals surface area contributed by atoms with Crippen molar-refractivity contribution in [2.24, 2.45) is 0 Å². The van der Waals surface area contributed by atoms with Gasteiger partial charge in [0, 0.05) is 26.0 Å². The van der Waals surface area contributed by atoms with Gasteiger partial charge < -0.3 is 19.6 Å². The van der Waals surface area contributed by atoms with Gasteiger partial charge in [-0.15, -0.1) is 0 Å². The van der Waals surface area contributed by atoms with E-state index in [-0.39, 0.29) is 18.1 Å². The normalized spacial score (nSPS) is 10.2. The summed E-state index contributed by atoms with van der Waals surface area (Å²) in [6.07, 6.45) is 1.57. The van der Waals surface area contributed by atoms with E-state index in [1.165, 1.54) is 6.92 Å². The lowest BCUT2D eigenvalue weighted by molar-refractivity contribution is -0.124. The van der Waals surface area contributed by atoms with E-state index in [0.717, 1.165) is 13.0 Å². The van der Waals surface area contributed by atoms with Crippen molar-refractivity contribution < 1.29 is 19.1 Å². The summed E-state index contributed by atoms with van der Waals surface area (Å²) in [7, 11) is 0. The summed E-state index contributed by atoms with van der Waals surface area (Å²) in [4.78, 5) is 21.8. The largest absolute Gasteiger partial charge is 0.379 e. The minimum atomic E-state index is -0.106. The number of ether oxygens (including phenoxy) is 2. The highest BCUT2D eigenvalue weighted by Gasteiger charge is 2.02. The second-order valence-corrected chi connectivity index (χ2v) is 3.78. The van der Waals surface area contributed by atoms with E-state index in [2.05, 4.69) is 12.2 Å². The van der Waals surface area contributed by atoms with Crippen LogP contribution < -0.4 is 5.32 Å². The van der Waals surface area contributed by atoms with Crippen molar-refractivity contribution in [2.75, 3.05) is 33.0 Å². The zero-order chi connectivity index (χ0) is 12.9. The first-order valence-corrected chi connectivity index (χ1v) is 6.08. The SMILES string of the molecule is CCCOCCOCCNC(=O)CCC(C)=O. The second-order valence-electron chi connectivity index (χ2n) is 3.78. The predicted octanol–water partition coefficient (Wildman–Crippen LogP) is 0.915.